The first-order valence-corrected chi connectivity index (χ1v) is 7.62. The van der Waals surface area contributed by atoms with Crippen molar-refractivity contribution in [3.05, 3.63) is 0 Å². The second-order valence-electron chi connectivity index (χ2n) is 5.73. The molecule has 1 rings (SSSR count). The monoisotopic (exact) mass is 262 g/mol. The summed E-state index contributed by atoms with van der Waals surface area (Å²) in [6.07, 6.45) is 1.11. The van der Waals surface area contributed by atoms with Gasteiger partial charge in [0.05, 0.1) is 0 Å². The molecule has 0 aromatic carbocycles. The van der Waals surface area contributed by atoms with Crippen molar-refractivity contribution in [3.8, 4) is 0 Å². The summed E-state index contributed by atoms with van der Waals surface area (Å²) in [6, 6.07) is 0. The van der Waals surface area contributed by atoms with Crippen molar-refractivity contribution in [1.82, 2.24) is 10.2 Å². The number of hydrogen-bond donors (Lipinski definition) is 1. The Balaban J connectivity index is 3.05. The van der Waals surface area contributed by atoms with Crippen LogP contribution in [0.4, 0.5) is 0 Å². The number of nitrogens with one attached hydrogen (secondary N) is 1. The average Bonchev–Trinajstić information content (AvgIpc) is 2.14. The molecule has 6 heteroatoms. The van der Waals surface area contributed by atoms with E-state index in [-0.39, 0.29) is 11.4 Å². The lowest BCUT2D eigenvalue weighted by Crippen LogP contribution is -2.64. The van der Waals surface area contributed by atoms with Gasteiger partial charge < -0.3 is 10.2 Å². The maximum atomic E-state index is 12.4. The van der Waals surface area contributed by atoms with Crippen LogP contribution in [0.5, 0.6) is 0 Å². The van der Waals surface area contributed by atoms with Gasteiger partial charge in [-0.3, -0.25) is 4.79 Å². The molecule has 1 aliphatic heterocycles. The van der Waals surface area contributed by atoms with Crippen molar-refractivity contribution < 1.29 is 13.2 Å². The van der Waals surface area contributed by atoms with E-state index < -0.39 is 14.6 Å². The number of carbonyl (C=O) groups excluding carboxylic acids is 1. The van der Waals surface area contributed by atoms with E-state index in [4.69, 9.17) is 0 Å². The highest BCUT2D eigenvalue weighted by Crippen LogP contribution is 2.25. The van der Waals surface area contributed by atoms with Gasteiger partial charge in [0.15, 0.2) is 9.84 Å². The van der Waals surface area contributed by atoms with E-state index >= 15 is 0 Å². The smallest absolute Gasteiger partial charge is 0.243 e. The van der Waals surface area contributed by atoms with Gasteiger partial charge in [0.2, 0.25) is 5.91 Å². The Hall–Kier alpha value is -0.620. The van der Waals surface area contributed by atoms with Crippen molar-refractivity contribution in [3.63, 3.8) is 0 Å². The van der Waals surface area contributed by atoms with Crippen molar-refractivity contribution in [2.45, 2.75) is 38.0 Å². The average molecular weight is 262 g/mol. The highest BCUT2D eigenvalue weighted by atomic mass is 32.2. The van der Waals surface area contributed by atoms with Crippen LogP contribution in [0, 0.1) is 0 Å². The first-order chi connectivity index (χ1) is 7.50. The van der Waals surface area contributed by atoms with Gasteiger partial charge >= 0.3 is 0 Å². The molecule has 1 N–H and O–H groups in total. The Kier molecular flexibility index (Phi) is 3.60. The maximum Gasteiger partial charge on any atom is 0.243 e. The van der Waals surface area contributed by atoms with Gasteiger partial charge in [-0.2, -0.15) is 0 Å². The zero-order valence-electron chi connectivity index (χ0n) is 11.2. The highest BCUT2D eigenvalue weighted by molar-refractivity contribution is 7.92. The summed E-state index contributed by atoms with van der Waals surface area (Å²) in [5.74, 6) is -0.313. The molecule has 0 saturated carbocycles. The van der Waals surface area contributed by atoms with Gasteiger partial charge in [-0.25, -0.2) is 8.42 Å². The van der Waals surface area contributed by atoms with Crippen molar-refractivity contribution in [2.24, 2.45) is 0 Å². The highest BCUT2D eigenvalue weighted by Gasteiger charge is 2.45. The molecule has 1 heterocycles. The number of sulfone groups is 1. The van der Waals surface area contributed by atoms with Gasteiger partial charge in [-0.05, 0) is 27.7 Å². The molecule has 0 aromatic heterocycles. The standard InChI is InChI=1S/C11H22N2O3S/c1-10(2)8-12-6-7-13(10)9(14)11(3,4)17(5,15)16/h12H,6-8H2,1-5H3. The van der Waals surface area contributed by atoms with Crippen LogP contribution in [-0.2, 0) is 14.6 Å². The third kappa shape index (κ3) is 2.63. The lowest BCUT2D eigenvalue weighted by atomic mass is 9.98. The number of piperazine rings is 1. The molecule has 0 spiro atoms. The van der Waals surface area contributed by atoms with Gasteiger partial charge in [0.25, 0.3) is 0 Å². The van der Waals surface area contributed by atoms with E-state index in [1.54, 1.807) is 4.90 Å². The number of nitrogens with zero attached hydrogens (tertiary/aromatic N) is 1. The van der Waals surface area contributed by atoms with Crippen LogP contribution >= 0.6 is 0 Å². The summed E-state index contributed by atoms with van der Waals surface area (Å²) in [7, 11) is -3.41. The lowest BCUT2D eigenvalue weighted by Gasteiger charge is -2.45. The Morgan fingerprint density at radius 3 is 2.29 bits per heavy atom. The Morgan fingerprint density at radius 2 is 1.88 bits per heavy atom. The van der Waals surface area contributed by atoms with Crippen LogP contribution in [0.1, 0.15) is 27.7 Å². The minimum atomic E-state index is -3.41. The predicted octanol–water partition coefficient (Wildman–Crippen LogP) is 0.0200. The fourth-order valence-corrected chi connectivity index (χ4v) is 2.27. The first kappa shape index (κ1) is 14.4. The van der Waals surface area contributed by atoms with Crippen LogP contribution in [0.3, 0.4) is 0 Å². The number of rotatable bonds is 2. The zero-order valence-corrected chi connectivity index (χ0v) is 12.0. The number of carbonyl (C=O) groups is 1. The molecular formula is C11H22N2O3S. The Morgan fingerprint density at radius 1 is 1.35 bits per heavy atom. The number of hydrogen-bond acceptors (Lipinski definition) is 4. The molecule has 0 radical (unpaired) electrons. The van der Waals surface area contributed by atoms with Crippen molar-refractivity contribution in [1.29, 1.82) is 0 Å². The molecule has 1 amide bonds. The molecule has 17 heavy (non-hydrogen) atoms. The molecule has 0 aromatic rings. The second-order valence-corrected chi connectivity index (χ2v) is 8.29. The Labute approximate surface area is 103 Å². The van der Waals surface area contributed by atoms with Gasteiger partial charge in [0, 0.05) is 31.4 Å². The summed E-state index contributed by atoms with van der Waals surface area (Å²) < 4.78 is 22.0. The molecule has 1 saturated heterocycles. The fourth-order valence-electron chi connectivity index (χ4n) is 1.84. The molecule has 0 unspecified atom stereocenters. The summed E-state index contributed by atoms with van der Waals surface area (Å²) in [5.41, 5.74) is -0.350. The topological polar surface area (TPSA) is 66.5 Å². The van der Waals surface area contributed by atoms with Crippen molar-refractivity contribution >= 4 is 15.7 Å². The summed E-state index contributed by atoms with van der Waals surface area (Å²) in [6.45, 7) is 8.76. The van der Waals surface area contributed by atoms with E-state index in [1.165, 1.54) is 13.8 Å². The van der Waals surface area contributed by atoms with Crippen LogP contribution in [0.15, 0.2) is 0 Å². The minimum absolute atomic E-state index is 0.313. The molecular weight excluding hydrogens is 240 g/mol. The van der Waals surface area contributed by atoms with E-state index in [2.05, 4.69) is 5.32 Å². The predicted molar refractivity (Wildman–Crippen MR) is 67.6 cm³/mol. The molecule has 5 nitrogen and oxygen atoms in total. The number of amides is 1. The largest absolute Gasteiger partial charge is 0.334 e. The molecule has 1 fully saturated rings. The first-order valence-electron chi connectivity index (χ1n) is 5.72. The molecule has 1 aliphatic rings. The summed E-state index contributed by atoms with van der Waals surface area (Å²) in [4.78, 5) is 14.1. The summed E-state index contributed by atoms with van der Waals surface area (Å²) >= 11 is 0. The minimum Gasteiger partial charge on any atom is -0.334 e. The van der Waals surface area contributed by atoms with Gasteiger partial charge in [0.1, 0.15) is 4.75 Å². The SMILES string of the molecule is CC1(C)CNCCN1C(=O)C(C)(C)S(C)(=O)=O. The fraction of sp³-hybridized carbons (Fsp3) is 0.909. The molecule has 0 atom stereocenters. The van der Waals surface area contributed by atoms with Crippen LogP contribution in [0.25, 0.3) is 0 Å². The lowest BCUT2D eigenvalue weighted by molar-refractivity contribution is -0.139. The molecule has 0 aliphatic carbocycles. The second kappa shape index (κ2) is 4.24. The molecule has 100 valence electrons. The van der Waals surface area contributed by atoms with Crippen LogP contribution in [-0.4, -0.2) is 55.4 Å². The van der Waals surface area contributed by atoms with Gasteiger partial charge in [-0.15, -0.1) is 0 Å². The van der Waals surface area contributed by atoms with E-state index in [0.29, 0.717) is 19.6 Å². The quantitative estimate of drug-likeness (QED) is 0.762. The third-order valence-corrected chi connectivity index (χ3v) is 5.52. The maximum absolute atomic E-state index is 12.4. The van der Waals surface area contributed by atoms with Gasteiger partial charge in [-0.1, -0.05) is 0 Å². The van der Waals surface area contributed by atoms with Crippen LogP contribution < -0.4 is 5.32 Å². The van der Waals surface area contributed by atoms with E-state index in [1.807, 2.05) is 13.8 Å². The van der Waals surface area contributed by atoms with Crippen molar-refractivity contribution in [2.75, 3.05) is 25.9 Å². The van der Waals surface area contributed by atoms with Crippen LogP contribution in [0.2, 0.25) is 0 Å². The normalized spacial score (nSPS) is 21.4. The third-order valence-electron chi connectivity index (χ3n) is 3.49. The summed E-state index contributed by atoms with van der Waals surface area (Å²) in [5, 5.41) is 3.21. The molecule has 0 bridgehead atoms. The van der Waals surface area contributed by atoms with E-state index in [9.17, 15) is 13.2 Å². The van der Waals surface area contributed by atoms with E-state index in [0.717, 1.165) is 6.26 Å². The Bertz CT molecular complexity index is 412. The zero-order chi connectivity index (χ0) is 13.5.